The number of ether oxygens (including phenoxy) is 2. The highest BCUT2D eigenvalue weighted by Gasteiger charge is 2.32. The Labute approximate surface area is 220 Å². The predicted octanol–water partition coefficient (Wildman–Crippen LogP) is 7.74. The largest absolute Gasteiger partial charge is 0.481 e. The predicted molar refractivity (Wildman–Crippen MR) is 146 cm³/mol. The average Bonchev–Trinajstić information content (AvgIpc) is 2.70. The van der Waals surface area contributed by atoms with E-state index in [-0.39, 0.29) is 41.3 Å². The third-order valence-corrected chi connectivity index (χ3v) is 6.64. The van der Waals surface area contributed by atoms with Crippen LogP contribution in [0.2, 0.25) is 0 Å². The van der Waals surface area contributed by atoms with Crippen LogP contribution in [0.3, 0.4) is 0 Å². The van der Waals surface area contributed by atoms with Crippen molar-refractivity contribution < 1.29 is 29.0 Å². The number of carboxylic acids is 1. The number of carbonyl (C=O) groups excluding carboxylic acids is 2. The highest BCUT2D eigenvalue weighted by atomic mass is 16.6. The molecule has 210 valence electrons. The van der Waals surface area contributed by atoms with Crippen LogP contribution >= 0.6 is 0 Å². The number of carboxylic acid groups (broad SMARTS) is 1. The Morgan fingerprint density at radius 1 is 0.694 bits per heavy atom. The highest BCUT2D eigenvalue weighted by molar-refractivity contribution is 6.29. The third kappa shape index (κ3) is 17.6. The summed E-state index contributed by atoms with van der Waals surface area (Å²) in [4.78, 5) is 35.1. The summed E-state index contributed by atoms with van der Waals surface area (Å²) in [6, 6.07) is 0. The minimum Gasteiger partial charge on any atom is -0.481 e. The van der Waals surface area contributed by atoms with E-state index in [4.69, 9.17) is 14.6 Å². The lowest BCUT2D eigenvalue weighted by molar-refractivity contribution is -0.170. The van der Waals surface area contributed by atoms with Gasteiger partial charge in [-0.1, -0.05) is 74.0 Å². The lowest BCUT2D eigenvalue weighted by atomic mass is 9.71. The minimum atomic E-state index is -0.940. The van der Waals surface area contributed by atoms with Crippen LogP contribution in [0.5, 0.6) is 0 Å². The summed E-state index contributed by atoms with van der Waals surface area (Å²) in [6.45, 7) is 19.6. The van der Waals surface area contributed by atoms with E-state index in [9.17, 15) is 14.4 Å². The van der Waals surface area contributed by atoms with E-state index in [2.05, 4.69) is 53.7 Å². The first kappa shape index (κ1) is 34.1. The first-order chi connectivity index (χ1) is 16.4. The first-order valence-corrected chi connectivity index (χ1v) is 13.6. The summed E-state index contributed by atoms with van der Waals surface area (Å²) in [5.41, 5.74) is -0.149. The molecule has 0 heterocycles. The number of hydrogen-bond acceptors (Lipinski definition) is 5. The maximum atomic E-state index is 12.2. The molecule has 0 saturated carbocycles. The van der Waals surface area contributed by atoms with Gasteiger partial charge in [-0.15, -0.1) is 0 Å². The fraction of sp³-hybridized carbons (Fsp3) is 0.833. The molecule has 36 heavy (non-hydrogen) atoms. The SMILES string of the molecule is CC=CCCCC(C)(C)CC(C)(C)CCOC(=O)C(=O)OCC(C)(C)CC(C)(C)CCCCC(=O)O. The van der Waals surface area contributed by atoms with E-state index in [1.165, 1.54) is 0 Å². The molecule has 0 unspecified atom stereocenters. The maximum Gasteiger partial charge on any atom is 0.417 e. The molecule has 0 aromatic rings. The van der Waals surface area contributed by atoms with E-state index in [1.807, 2.05) is 20.8 Å². The number of aliphatic carboxylic acids is 1. The zero-order valence-corrected chi connectivity index (χ0v) is 24.6. The summed E-state index contributed by atoms with van der Waals surface area (Å²) >= 11 is 0. The van der Waals surface area contributed by atoms with Gasteiger partial charge in [-0.3, -0.25) is 4.79 Å². The van der Waals surface area contributed by atoms with Gasteiger partial charge in [0.2, 0.25) is 0 Å². The molecule has 0 fully saturated rings. The van der Waals surface area contributed by atoms with Crippen molar-refractivity contribution in [2.45, 2.75) is 127 Å². The summed E-state index contributed by atoms with van der Waals surface area (Å²) in [7, 11) is 0. The lowest BCUT2D eigenvalue weighted by Gasteiger charge is -2.35. The fourth-order valence-electron chi connectivity index (χ4n) is 5.45. The second kappa shape index (κ2) is 15.4. The molecule has 0 spiro atoms. The standard InChI is InChI=1S/C30H54O6/c1-10-11-12-14-17-27(2,3)21-29(6,7)19-20-35-25(33)26(34)36-23-30(8,9)22-28(4,5)18-15-13-16-24(31)32/h10-11H,12-23H2,1-9H3,(H,31,32). The molecule has 0 aliphatic carbocycles. The number of unbranched alkanes of at least 4 members (excludes halogenated alkanes) is 2. The van der Waals surface area contributed by atoms with Gasteiger partial charge >= 0.3 is 17.9 Å². The number of allylic oxidation sites excluding steroid dienone is 2. The van der Waals surface area contributed by atoms with Crippen LogP contribution in [-0.2, 0) is 23.9 Å². The van der Waals surface area contributed by atoms with Crippen LogP contribution in [0.1, 0.15) is 127 Å². The van der Waals surface area contributed by atoms with E-state index in [0.29, 0.717) is 12.8 Å². The molecule has 0 aromatic heterocycles. The Hall–Kier alpha value is -1.85. The number of rotatable bonds is 18. The normalized spacial score (nSPS) is 13.1. The van der Waals surface area contributed by atoms with Crippen LogP contribution in [-0.4, -0.2) is 36.2 Å². The summed E-state index contributed by atoms with van der Waals surface area (Å²) in [5.74, 6) is -2.64. The van der Waals surface area contributed by atoms with E-state index in [1.54, 1.807) is 0 Å². The van der Waals surface area contributed by atoms with E-state index in [0.717, 1.165) is 44.9 Å². The monoisotopic (exact) mass is 510 g/mol. The van der Waals surface area contributed by atoms with Gasteiger partial charge in [0.05, 0.1) is 13.2 Å². The van der Waals surface area contributed by atoms with Gasteiger partial charge in [-0.2, -0.15) is 0 Å². The van der Waals surface area contributed by atoms with Gasteiger partial charge in [0.15, 0.2) is 0 Å². The van der Waals surface area contributed by atoms with Gasteiger partial charge in [0.1, 0.15) is 0 Å². The molecule has 0 aliphatic heterocycles. The van der Waals surface area contributed by atoms with Crippen molar-refractivity contribution in [2.24, 2.45) is 21.7 Å². The van der Waals surface area contributed by atoms with Crippen molar-refractivity contribution in [1.29, 1.82) is 0 Å². The van der Waals surface area contributed by atoms with Gasteiger partial charge in [-0.25, -0.2) is 9.59 Å². The van der Waals surface area contributed by atoms with Crippen LogP contribution in [0.4, 0.5) is 0 Å². The first-order valence-electron chi connectivity index (χ1n) is 13.6. The molecule has 0 aliphatic rings. The topological polar surface area (TPSA) is 89.9 Å². The molecule has 0 amide bonds. The summed E-state index contributed by atoms with van der Waals surface area (Å²) in [6.07, 6.45) is 12.7. The quantitative estimate of drug-likeness (QED) is 0.0877. The molecule has 1 N–H and O–H groups in total. The van der Waals surface area contributed by atoms with Gasteiger partial charge < -0.3 is 14.6 Å². The summed E-state index contributed by atoms with van der Waals surface area (Å²) in [5, 5.41) is 8.79. The van der Waals surface area contributed by atoms with Crippen molar-refractivity contribution in [3.8, 4) is 0 Å². The molecule has 0 saturated heterocycles. The number of carbonyl (C=O) groups is 3. The lowest BCUT2D eigenvalue weighted by Crippen LogP contribution is -2.31. The van der Waals surface area contributed by atoms with Crippen molar-refractivity contribution in [3.63, 3.8) is 0 Å². The minimum absolute atomic E-state index is 0.00762. The van der Waals surface area contributed by atoms with Crippen LogP contribution < -0.4 is 0 Å². The fourth-order valence-corrected chi connectivity index (χ4v) is 5.45. The Morgan fingerprint density at radius 2 is 1.19 bits per heavy atom. The van der Waals surface area contributed by atoms with Gasteiger partial charge in [0, 0.05) is 6.42 Å². The summed E-state index contributed by atoms with van der Waals surface area (Å²) < 4.78 is 10.5. The van der Waals surface area contributed by atoms with Crippen molar-refractivity contribution in [3.05, 3.63) is 12.2 Å². The van der Waals surface area contributed by atoms with Crippen molar-refractivity contribution >= 4 is 17.9 Å². The van der Waals surface area contributed by atoms with Crippen molar-refractivity contribution in [1.82, 2.24) is 0 Å². The molecule has 0 rings (SSSR count). The molecule has 0 bridgehead atoms. The van der Waals surface area contributed by atoms with Crippen molar-refractivity contribution in [2.75, 3.05) is 13.2 Å². The Balaban J connectivity index is 4.46. The van der Waals surface area contributed by atoms with Crippen LogP contribution in [0, 0.1) is 21.7 Å². The zero-order valence-electron chi connectivity index (χ0n) is 24.6. The second-order valence-corrected chi connectivity index (χ2v) is 13.5. The molecule has 0 aromatic carbocycles. The maximum absolute atomic E-state index is 12.2. The van der Waals surface area contributed by atoms with Gasteiger partial charge in [0.25, 0.3) is 0 Å². The third-order valence-electron chi connectivity index (χ3n) is 6.64. The zero-order chi connectivity index (χ0) is 28.0. The Kier molecular flexibility index (Phi) is 14.6. The average molecular weight is 511 g/mol. The van der Waals surface area contributed by atoms with Crippen LogP contribution in [0.15, 0.2) is 12.2 Å². The number of esters is 2. The van der Waals surface area contributed by atoms with Crippen LogP contribution in [0.25, 0.3) is 0 Å². The second-order valence-electron chi connectivity index (χ2n) is 13.5. The molecular formula is C30H54O6. The van der Waals surface area contributed by atoms with E-state index < -0.39 is 17.9 Å². The van der Waals surface area contributed by atoms with E-state index >= 15 is 0 Å². The Morgan fingerprint density at radius 3 is 1.75 bits per heavy atom. The Bertz CT molecular complexity index is 715. The number of hydrogen-bond donors (Lipinski definition) is 1. The smallest absolute Gasteiger partial charge is 0.417 e. The highest BCUT2D eigenvalue weighted by Crippen LogP contribution is 2.40. The molecular weight excluding hydrogens is 456 g/mol. The molecule has 0 atom stereocenters. The molecule has 0 radical (unpaired) electrons. The molecule has 6 nitrogen and oxygen atoms in total. The molecule has 6 heteroatoms. The van der Waals surface area contributed by atoms with Gasteiger partial charge in [-0.05, 0) is 80.0 Å².